The summed E-state index contributed by atoms with van der Waals surface area (Å²) in [5.41, 5.74) is 6.55. The molecule has 0 aliphatic heterocycles. The molecule has 0 spiro atoms. The van der Waals surface area contributed by atoms with Gasteiger partial charge in [-0.15, -0.1) is 5.54 Å². The average Bonchev–Trinajstić information content (AvgIpc) is 2.75. The van der Waals surface area contributed by atoms with Gasteiger partial charge in [-0.05, 0) is 56.6 Å². The summed E-state index contributed by atoms with van der Waals surface area (Å²) in [5, 5.41) is 7.70. The van der Waals surface area contributed by atoms with E-state index < -0.39 is 8.07 Å². The molecule has 0 aromatic heterocycles. The van der Waals surface area contributed by atoms with Gasteiger partial charge >= 0.3 is 0 Å². The third-order valence-corrected chi connectivity index (χ3v) is 6.19. The molecule has 142 valence electrons. The molecule has 0 amide bonds. The van der Waals surface area contributed by atoms with E-state index in [1.807, 2.05) is 6.07 Å². The minimum Gasteiger partial charge on any atom is -0.127 e. The Labute approximate surface area is 178 Å². The highest BCUT2D eigenvalue weighted by Crippen LogP contribution is 2.35. The van der Waals surface area contributed by atoms with E-state index in [2.05, 4.69) is 116 Å². The second-order valence-corrected chi connectivity index (χ2v) is 13.5. The van der Waals surface area contributed by atoms with Crippen molar-refractivity contribution in [2.45, 2.75) is 19.6 Å². The zero-order valence-corrected chi connectivity index (χ0v) is 18.5. The molecule has 0 nitrogen and oxygen atoms in total. The minimum atomic E-state index is -1.39. The highest BCUT2D eigenvalue weighted by atomic mass is 28.3. The SMILES string of the molecule is C[Si](C)(C)C#Cc1cccc(C#Cc2ccc3ccc4cccc5ccc2c3c45)c1. The first-order chi connectivity index (χ1) is 14.5. The van der Waals surface area contributed by atoms with Crippen LogP contribution in [0.3, 0.4) is 0 Å². The van der Waals surface area contributed by atoms with E-state index in [0.29, 0.717) is 0 Å². The van der Waals surface area contributed by atoms with Crippen molar-refractivity contribution in [3.05, 3.63) is 95.6 Å². The summed E-state index contributed by atoms with van der Waals surface area (Å²) in [6.45, 7) is 6.78. The zero-order valence-electron chi connectivity index (χ0n) is 17.5. The van der Waals surface area contributed by atoms with Crippen LogP contribution >= 0.6 is 0 Å². The van der Waals surface area contributed by atoms with Gasteiger partial charge in [0, 0.05) is 16.7 Å². The molecule has 0 aliphatic rings. The van der Waals surface area contributed by atoms with Crippen LogP contribution in [0, 0.1) is 23.3 Å². The number of hydrogen-bond acceptors (Lipinski definition) is 0. The van der Waals surface area contributed by atoms with Gasteiger partial charge in [-0.1, -0.05) is 92.0 Å². The Kier molecular flexibility index (Phi) is 4.36. The topological polar surface area (TPSA) is 0 Å². The van der Waals surface area contributed by atoms with Crippen molar-refractivity contribution in [3.8, 4) is 23.3 Å². The van der Waals surface area contributed by atoms with E-state index in [1.54, 1.807) is 0 Å². The normalized spacial score (nSPS) is 11.3. The predicted molar refractivity (Wildman–Crippen MR) is 133 cm³/mol. The highest BCUT2D eigenvalue weighted by molar-refractivity contribution is 6.83. The summed E-state index contributed by atoms with van der Waals surface area (Å²) in [6.07, 6.45) is 0. The van der Waals surface area contributed by atoms with Crippen molar-refractivity contribution < 1.29 is 0 Å². The Bertz CT molecular complexity index is 1510. The van der Waals surface area contributed by atoms with Crippen molar-refractivity contribution in [1.82, 2.24) is 0 Å². The maximum atomic E-state index is 3.43. The third-order valence-electron chi connectivity index (χ3n) is 5.31. The standard InChI is InChI=1S/C29H22Si/c1-30(2,3)19-18-22-7-4-6-21(20-22)10-11-23-12-13-26-15-14-24-8-5-9-25-16-17-27(23)29(26)28(24)25/h4-9,12-17,20H,1-3H3. The molecule has 0 saturated heterocycles. The van der Waals surface area contributed by atoms with Crippen LogP contribution in [0.4, 0.5) is 0 Å². The molecule has 0 saturated carbocycles. The van der Waals surface area contributed by atoms with Gasteiger partial charge in [-0.2, -0.15) is 0 Å². The van der Waals surface area contributed by atoms with Crippen LogP contribution in [0.25, 0.3) is 32.3 Å². The molecule has 0 unspecified atom stereocenters. The summed E-state index contributed by atoms with van der Waals surface area (Å²) in [5.74, 6) is 10.1. The summed E-state index contributed by atoms with van der Waals surface area (Å²) in [4.78, 5) is 0. The van der Waals surface area contributed by atoms with Crippen molar-refractivity contribution in [2.75, 3.05) is 0 Å². The first kappa shape index (κ1) is 18.5. The van der Waals surface area contributed by atoms with Gasteiger partial charge in [0.2, 0.25) is 0 Å². The fourth-order valence-corrected chi connectivity index (χ4v) is 4.44. The molecule has 5 aromatic carbocycles. The van der Waals surface area contributed by atoms with E-state index in [-0.39, 0.29) is 0 Å². The molecular weight excluding hydrogens is 376 g/mol. The van der Waals surface area contributed by atoms with Crippen LogP contribution in [0.2, 0.25) is 19.6 Å². The number of hydrogen-bond donors (Lipinski definition) is 0. The van der Waals surface area contributed by atoms with E-state index in [0.717, 1.165) is 16.7 Å². The maximum absolute atomic E-state index is 3.43. The van der Waals surface area contributed by atoms with Gasteiger partial charge in [-0.3, -0.25) is 0 Å². The molecule has 0 N–H and O–H groups in total. The highest BCUT2D eigenvalue weighted by Gasteiger charge is 2.10. The Morgan fingerprint density at radius 1 is 0.567 bits per heavy atom. The third kappa shape index (κ3) is 3.46. The largest absolute Gasteiger partial charge is 0.129 e. The maximum Gasteiger partial charge on any atom is 0.129 e. The quantitative estimate of drug-likeness (QED) is 0.147. The Morgan fingerprint density at radius 2 is 1.17 bits per heavy atom. The lowest BCUT2D eigenvalue weighted by molar-refractivity contribution is 1.60. The summed E-state index contributed by atoms with van der Waals surface area (Å²) >= 11 is 0. The smallest absolute Gasteiger partial charge is 0.127 e. The fourth-order valence-electron chi connectivity index (χ4n) is 3.92. The molecule has 0 bridgehead atoms. The van der Waals surface area contributed by atoms with Gasteiger partial charge in [0.05, 0.1) is 0 Å². The summed E-state index contributed by atoms with van der Waals surface area (Å²) in [7, 11) is -1.39. The number of benzene rings is 5. The van der Waals surface area contributed by atoms with Crippen LogP contribution in [-0.2, 0) is 0 Å². The molecule has 0 aliphatic carbocycles. The van der Waals surface area contributed by atoms with Crippen molar-refractivity contribution >= 4 is 40.4 Å². The van der Waals surface area contributed by atoms with Crippen molar-refractivity contribution in [1.29, 1.82) is 0 Å². The van der Waals surface area contributed by atoms with Crippen LogP contribution < -0.4 is 0 Å². The van der Waals surface area contributed by atoms with Gasteiger partial charge in [0.25, 0.3) is 0 Å². The molecule has 30 heavy (non-hydrogen) atoms. The van der Waals surface area contributed by atoms with Crippen LogP contribution in [0.5, 0.6) is 0 Å². The monoisotopic (exact) mass is 398 g/mol. The molecule has 0 fully saturated rings. The van der Waals surface area contributed by atoms with E-state index in [9.17, 15) is 0 Å². The Hall–Kier alpha value is -3.52. The first-order valence-corrected chi connectivity index (χ1v) is 13.8. The van der Waals surface area contributed by atoms with Crippen molar-refractivity contribution in [2.24, 2.45) is 0 Å². The summed E-state index contributed by atoms with van der Waals surface area (Å²) < 4.78 is 0. The van der Waals surface area contributed by atoms with E-state index >= 15 is 0 Å². The lowest BCUT2D eigenvalue weighted by Crippen LogP contribution is -2.16. The Balaban J connectivity index is 1.62. The fraction of sp³-hybridized carbons (Fsp3) is 0.103. The van der Waals surface area contributed by atoms with Crippen LogP contribution in [0.1, 0.15) is 16.7 Å². The first-order valence-electron chi connectivity index (χ1n) is 10.3. The van der Waals surface area contributed by atoms with Gasteiger partial charge in [0.15, 0.2) is 0 Å². The number of rotatable bonds is 0. The molecule has 0 heterocycles. The molecule has 5 aromatic rings. The molecule has 5 rings (SSSR count). The molecular formula is C29H22Si. The van der Waals surface area contributed by atoms with Gasteiger partial charge in [-0.25, -0.2) is 0 Å². The van der Waals surface area contributed by atoms with Crippen LogP contribution in [0.15, 0.2) is 78.9 Å². The Morgan fingerprint density at radius 3 is 1.90 bits per heavy atom. The second kappa shape index (κ2) is 7.07. The zero-order chi connectivity index (χ0) is 20.7. The van der Waals surface area contributed by atoms with Gasteiger partial charge < -0.3 is 0 Å². The molecule has 1 heteroatoms. The van der Waals surface area contributed by atoms with Crippen LogP contribution in [-0.4, -0.2) is 8.07 Å². The molecule has 0 radical (unpaired) electrons. The van der Waals surface area contributed by atoms with E-state index in [1.165, 1.54) is 32.3 Å². The molecule has 0 atom stereocenters. The van der Waals surface area contributed by atoms with E-state index in [4.69, 9.17) is 0 Å². The average molecular weight is 399 g/mol. The minimum absolute atomic E-state index is 1.00. The lowest BCUT2D eigenvalue weighted by atomic mass is 9.92. The van der Waals surface area contributed by atoms with Crippen molar-refractivity contribution in [3.63, 3.8) is 0 Å². The van der Waals surface area contributed by atoms with Gasteiger partial charge in [0.1, 0.15) is 8.07 Å². The lowest BCUT2D eigenvalue weighted by Gasteiger charge is -2.11. The summed E-state index contributed by atoms with van der Waals surface area (Å²) in [6, 6.07) is 27.9. The second-order valence-electron chi connectivity index (χ2n) is 8.80. The predicted octanol–water partition coefficient (Wildman–Crippen LogP) is 7.21.